The van der Waals surface area contributed by atoms with E-state index in [2.05, 4.69) is 48.5 Å². The van der Waals surface area contributed by atoms with E-state index in [0.717, 1.165) is 39.9 Å². The minimum atomic E-state index is 0.00277. The topological polar surface area (TPSA) is 44.1 Å². The lowest BCUT2D eigenvalue weighted by Crippen LogP contribution is -2.23. The van der Waals surface area contributed by atoms with Gasteiger partial charge >= 0.3 is 0 Å². The maximum absolute atomic E-state index is 13.3. The summed E-state index contributed by atoms with van der Waals surface area (Å²) in [6.07, 6.45) is 6.45. The van der Waals surface area contributed by atoms with Crippen LogP contribution in [0.5, 0.6) is 5.75 Å². The van der Waals surface area contributed by atoms with Crippen molar-refractivity contribution in [2.45, 2.75) is 46.1 Å². The number of thiophene rings is 1. The van der Waals surface area contributed by atoms with Crippen LogP contribution in [0.2, 0.25) is 0 Å². The summed E-state index contributed by atoms with van der Waals surface area (Å²) in [6, 6.07) is 12.8. The van der Waals surface area contributed by atoms with Gasteiger partial charge in [0.2, 0.25) is 0 Å². The van der Waals surface area contributed by atoms with Gasteiger partial charge < -0.3 is 4.74 Å². The lowest BCUT2D eigenvalue weighted by atomic mass is 9.89. The Hall–Kier alpha value is -2.92. The molecule has 2 heterocycles. The average molecular weight is 431 g/mol. The second kappa shape index (κ2) is 8.31. The van der Waals surface area contributed by atoms with E-state index in [1.807, 2.05) is 12.1 Å². The van der Waals surface area contributed by atoms with Gasteiger partial charge in [-0.3, -0.25) is 9.36 Å². The molecule has 2 aromatic heterocycles. The van der Waals surface area contributed by atoms with Crippen molar-refractivity contribution < 1.29 is 4.74 Å². The molecule has 0 bridgehead atoms. The Morgan fingerprint density at radius 1 is 1.03 bits per heavy atom. The average Bonchev–Trinajstić information content (AvgIpc) is 3.19. The molecule has 0 saturated heterocycles. The molecular formula is C26H26N2O2S. The zero-order valence-electron chi connectivity index (χ0n) is 18.0. The van der Waals surface area contributed by atoms with Gasteiger partial charge in [0.15, 0.2) is 0 Å². The predicted molar refractivity (Wildman–Crippen MR) is 127 cm³/mol. The largest absolute Gasteiger partial charge is 0.492 e. The molecule has 31 heavy (non-hydrogen) atoms. The molecule has 5 heteroatoms. The van der Waals surface area contributed by atoms with Crippen molar-refractivity contribution in [2.75, 3.05) is 6.61 Å². The number of aryl methyl sites for hydroxylation is 4. The monoisotopic (exact) mass is 430 g/mol. The Balaban J connectivity index is 1.42. The number of hydrogen-bond donors (Lipinski definition) is 0. The van der Waals surface area contributed by atoms with E-state index in [1.54, 1.807) is 10.9 Å². The van der Waals surface area contributed by atoms with Crippen LogP contribution in [-0.2, 0) is 19.4 Å². The fraction of sp³-hybridized carbons (Fsp3) is 0.308. The third-order valence-electron chi connectivity index (χ3n) is 6.02. The Morgan fingerprint density at radius 3 is 2.61 bits per heavy atom. The number of ether oxygens (including phenoxy) is 1. The highest BCUT2D eigenvalue weighted by Crippen LogP contribution is 2.33. The minimum Gasteiger partial charge on any atom is -0.492 e. The van der Waals surface area contributed by atoms with E-state index in [9.17, 15) is 4.79 Å². The molecule has 1 aliphatic carbocycles. The summed E-state index contributed by atoms with van der Waals surface area (Å²) in [7, 11) is 0. The molecule has 0 amide bonds. The molecule has 158 valence electrons. The number of nitrogens with zero attached hydrogens (tertiary/aromatic N) is 2. The fourth-order valence-corrected chi connectivity index (χ4v) is 5.42. The van der Waals surface area contributed by atoms with Crippen LogP contribution < -0.4 is 10.3 Å². The van der Waals surface area contributed by atoms with Crippen molar-refractivity contribution in [3.05, 3.63) is 80.7 Å². The first-order valence-corrected chi connectivity index (χ1v) is 11.8. The number of benzene rings is 2. The maximum atomic E-state index is 13.3. The van der Waals surface area contributed by atoms with Gasteiger partial charge in [0.05, 0.1) is 18.3 Å². The highest BCUT2D eigenvalue weighted by molar-refractivity contribution is 7.17. The second-order valence-electron chi connectivity index (χ2n) is 8.44. The van der Waals surface area contributed by atoms with Gasteiger partial charge in [-0.15, -0.1) is 11.3 Å². The lowest BCUT2D eigenvalue weighted by molar-refractivity contribution is 0.295. The van der Waals surface area contributed by atoms with Crippen molar-refractivity contribution in [2.24, 2.45) is 0 Å². The van der Waals surface area contributed by atoms with Crippen molar-refractivity contribution in [1.82, 2.24) is 9.55 Å². The van der Waals surface area contributed by atoms with E-state index in [1.165, 1.54) is 46.4 Å². The maximum Gasteiger partial charge on any atom is 0.262 e. The predicted octanol–water partition coefficient (Wildman–Crippen LogP) is 5.70. The quantitative estimate of drug-likeness (QED) is 0.408. The zero-order valence-corrected chi connectivity index (χ0v) is 18.8. The summed E-state index contributed by atoms with van der Waals surface area (Å²) in [5, 5.41) is 2.79. The molecule has 1 aliphatic rings. The summed E-state index contributed by atoms with van der Waals surface area (Å²) in [6.45, 7) is 5.00. The van der Waals surface area contributed by atoms with Crippen LogP contribution in [0.25, 0.3) is 21.3 Å². The molecule has 0 saturated carbocycles. The Bertz CT molecular complexity index is 1300. The van der Waals surface area contributed by atoms with E-state index in [4.69, 9.17) is 4.74 Å². The highest BCUT2D eigenvalue weighted by Gasteiger charge is 2.16. The molecule has 4 aromatic rings. The van der Waals surface area contributed by atoms with E-state index in [0.29, 0.717) is 13.2 Å². The van der Waals surface area contributed by atoms with Crippen LogP contribution in [0.1, 0.15) is 35.1 Å². The van der Waals surface area contributed by atoms with E-state index < -0.39 is 0 Å². The van der Waals surface area contributed by atoms with Crippen LogP contribution in [0.15, 0.2) is 52.9 Å². The molecule has 0 spiro atoms. The van der Waals surface area contributed by atoms with Crippen molar-refractivity contribution in [3.8, 4) is 16.9 Å². The van der Waals surface area contributed by atoms with E-state index in [-0.39, 0.29) is 5.56 Å². The van der Waals surface area contributed by atoms with Crippen molar-refractivity contribution >= 4 is 21.6 Å². The minimum absolute atomic E-state index is 0.00277. The van der Waals surface area contributed by atoms with Crippen LogP contribution in [0.4, 0.5) is 0 Å². The van der Waals surface area contributed by atoms with Gasteiger partial charge in [-0.25, -0.2) is 4.98 Å². The van der Waals surface area contributed by atoms with Crippen LogP contribution in [-0.4, -0.2) is 16.2 Å². The second-order valence-corrected chi connectivity index (χ2v) is 9.29. The van der Waals surface area contributed by atoms with Gasteiger partial charge in [0.1, 0.15) is 17.2 Å². The first kappa shape index (κ1) is 20.0. The van der Waals surface area contributed by atoms with Crippen molar-refractivity contribution in [3.63, 3.8) is 0 Å². The fourth-order valence-electron chi connectivity index (χ4n) is 4.52. The molecule has 0 radical (unpaired) electrons. The zero-order chi connectivity index (χ0) is 21.4. The first-order valence-electron chi connectivity index (χ1n) is 10.9. The molecule has 0 fully saturated rings. The highest BCUT2D eigenvalue weighted by atomic mass is 32.1. The summed E-state index contributed by atoms with van der Waals surface area (Å²) < 4.78 is 7.58. The number of fused-ring (bicyclic) bond motifs is 2. The Kier molecular flexibility index (Phi) is 5.36. The first-order chi connectivity index (χ1) is 15.1. The van der Waals surface area contributed by atoms with Gasteiger partial charge in [0.25, 0.3) is 5.56 Å². The molecule has 4 nitrogen and oxygen atoms in total. The third-order valence-corrected chi connectivity index (χ3v) is 6.90. The lowest BCUT2D eigenvalue weighted by Gasteiger charge is -2.16. The molecule has 5 rings (SSSR count). The Labute approximate surface area is 186 Å². The SMILES string of the molecule is Cc1cc(C)cc(OCCn2cnc3scc(-c4ccc5c(c4)CCCC5)c3c2=O)c1. The molecule has 0 atom stereocenters. The third kappa shape index (κ3) is 4.02. The summed E-state index contributed by atoms with van der Waals surface area (Å²) in [5.41, 5.74) is 7.34. The number of rotatable bonds is 5. The number of aromatic nitrogens is 2. The van der Waals surface area contributed by atoms with Gasteiger partial charge in [-0.1, -0.05) is 24.3 Å². The van der Waals surface area contributed by atoms with Crippen LogP contribution >= 0.6 is 11.3 Å². The Morgan fingerprint density at radius 2 is 1.81 bits per heavy atom. The molecule has 0 aliphatic heterocycles. The molecular weight excluding hydrogens is 404 g/mol. The molecule has 0 N–H and O–H groups in total. The molecule has 0 unspecified atom stereocenters. The summed E-state index contributed by atoms with van der Waals surface area (Å²) >= 11 is 1.54. The van der Waals surface area contributed by atoms with E-state index >= 15 is 0 Å². The van der Waals surface area contributed by atoms with Crippen molar-refractivity contribution in [1.29, 1.82) is 0 Å². The smallest absolute Gasteiger partial charge is 0.262 e. The summed E-state index contributed by atoms with van der Waals surface area (Å²) in [4.78, 5) is 18.6. The van der Waals surface area contributed by atoms with Gasteiger partial charge in [-0.05, 0) is 79.5 Å². The van der Waals surface area contributed by atoms with Crippen LogP contribution in [0, 0.1) is 13.8 Å². The number of hydrogen-bond acceptors (Lipinski definition) is 4. The molecule has 2 aromatic carbocycles. The van der Waals surface area contributed by atoms with Crippen LogP contribution in [0.3, 0.4) is 0 Å². The van der Waals surface area contributed by atoms with Gasteiger partial charge in [-0.2, -0.15) is 0 Å². The standard InChI is InChI=1S/C26H26N2O2S/c1-17-11-18(2)13-22(12-17)30-10-9-28-16-27-25-24(26(28)29)23(15-31-25)21-8-7-19-5-3-4-6-20(19)14-21/h7-8,11-16H,3-6,9-10H2,1-2H3. The van der Waals surface area contributed by atoms with Gasteiger partial charge in [0, 0.05) is 10.9 Å². The normalized spacial score (nSPS) is 13.4. The summed E-state index contributed by atoms with van der Waals surface area (Å²) in [5.74, 6) is 0.838.